The number of ether oxygens (including phenoxy) is 2. The van der Waals surface area contributed by atoms with Gasteiger partial charge in [0.1, 0.15) is 6.61 Å². The number of hydrogen-bond acceptors (Lipinski definition) is 5. The van der Waals surface area contributed by atoms with Crippen molar-refractivity contribution >= 4 is 18.0 Å². The van der Waals surface area contributed by atoms with Crippen molar-refractivity contribution < 1.29 is 37.7 Å². The highest BCUT2D eigenvalue weighted by Crippen LogP contribution is 2.44. The molecular weight excluding hydrogens is 462 g/mol. The van der Waals surface area contributed by atoms with Gasteiger partial charge in [-0.3, -0.25) is 9.59 Å². The first-order valence-corrected chi connectivity index (χ1v) is 11.3. The monoisotopic (exact) mass is 488 g/mol. The molecule has 0 bridgehead atoms. The number of benzene rings is 2. The molecular formula is C25H26F2N2O6. The lowest BCUT2D eigenvalue weighted by Crippen LogP contribution is -2.53. The summed E-state index contributed by atoms with van der Waals surface area (Å²) in [5, 5.41) is 13.4. The highest BCUT2D eigenvalue weighted by molar-refractivity contribution is 5.85. The second-order valence-electron chi connectivity index (χ2n) is 8.76. The van der Waals surface area contributed by atoms with E-state index in [1.54, 1.807) is 0 Å². The van der Waals surface area contributed by atoms with Gasteiger partial charge < -0.3 is 25.2 Å². The van der Waals surface area contributed by atoms with Crippen molar-refractivity contribution in [3.05, 3.63) is 59.7 Å². The Morgan fingerprint density at radius 1 is 1.00 bits per heavy atom. The predicted octanol–water partition coefficient (Wildman–Crippen LogP) is 3.16. The first-order valence-electron chi connectivity index (χ1n) is 11.3. The average molecular weight is 488 g/mol. The molecule has 35 heavy (non-hydrogen) atoms. The van der Waals surface area contributed by atoms with E-state index in [1.165, 1.54) is 0 Å². The summed E-state index contributed by atoms with van der Waals surface area (Å²) >= 11 is 0. The number of carbonyl (C=O) groups is 3. The van der Waals surface area contributed by atoms with Crippen molar-refractivity contribution in [1.29, 1.82) is 0 Å². The molecule has 0 unspecified atom stereocenters. The quantitative estimate of drug-likeness (QED) is 0.526. The highest BCUT2D eigenvalue weighted by atomic mass is 19.3. The molecule has 0 atom stereocenters. The van der Waals surface area contributed by atoms with E-state index in [0.29, 0.717) is 0 Å². The summed E-state index contributed by atoms with van der Waals surface area (Å²) in [4.78, 5) is 35.8. The van der Waals surface area contributed by atoms with Crippen molar-refractivity contribution in [3.8, 4) is 11.1 Å². The number of rotatable bonds is 8. The molecule has 186 valence electrons. The predicted molar refractivity (Wildman–Crippen MR) is 121 cm³/mol. The van der Waals surface area contributed by atoms with E-state index in [0.717, 1.165) is 22.3 Å². The summed E-state index contributed by atoms with van der Waals surface area (Å²) in [6.45, 7) is -1.45. The maximum atomic E-state index is 14.3. The van der Waals surface area contributed by atoms with Crippen molar-refractivity contribution in [2.75, 3.05) is 32.9 Å². The minimum absolute atomic E-state index is 0.0547. The van der Waals surface area contributed by atoms with Gasteiger partial charge in [0.25, 0.3) is 5.91 Å². The molecule has 2 amide bonds. The molecule has 4 rings (SSSR count). The molecule has 0 spiro atoms. The van der Waals surface area contributed by atoms with Crippen LogP contribution in [-0.2, 0) is 19.1 Å². The zero-order valence-electron chi connectivity index (χ0n) is 18.9. The minimum atomic E-state index is -3.95. The first kappa shape index (κ1) is 24.6. The highest BCUT2D eigenvalue weighted by Gasteiger charge is 2.44. The standard InChI is InChI=1S/C25H26F2N2O6/c26-25(27,21(30)28-14-24(22(31)32)9-11-34-12-10-24)15-29-23(33)35-13-20-18-7-3-1-5-16(18)17-6-2-4-8-19(17)20/h1-8,20H,9-15H2,(H,28,30)(H,29,33)(H,31,32). The third-order valence-corrected chi connectivity index (χ3v) is 6.62. The molecule has 2 aromatic carbocycles. The number of alkyl carbamates (subject to hydrolysis) is 1. The molecule has 3 N–H and O–H groups in total. The molecule has 0 radical (unpaired) electrons. The van der Waals surface area contributed by atoms with Gasteiger partial charge in [-0.2, -0.15) is 8.78 Å². The van der Waals surface area contributed by atoms with Gasteiger partial charge in [-0.05, 0) is 35.1 Å². The molecule has 0 aromatic heterocycles. The van der Waals surface area contributed by atoms with Crippen LogP contribution in [0.2, 0.25) is 0 Å². The summed E-state index contributed by atoms with van der Waals surface area (Å²) in [6.07, 6.45) is -0.871. The van der Waals surface area contributed by atoms with E-state index in [9.17, 15) is 28.3 Å². The van der Waals surface area contributed by atoms with Crippen molar-refractivity contribution in [2.45, 2.75) is 24.7 Å². The van der Waals surface area contributed by atoms with Crippen LogP contribution in [-0.4, -0.2) is 61.9 Å². The summed E-state index contributed by atoms with van der Waals surface area (Å²) in [6, 6.07) is 15.4. The molecule has 0 saturated carbocycles. The van der Waals surface area contributed by atoms with Crippen LogP contribution in [0.1, 0.15) is 29.9 Å². The van der Waals surface area contributed by atoms with Gasteiger partial charge >= 0.3 is 18.0 Å². The second kappa shape index (κ2) is 9.99. The zero-order valence-corrected chi connectivity index (χ0v) is 18.9. The zero-order chi connectivity index (χ0) is 25.1. The van der Waals surface area contributed by atoms with Crippen LogP contribution in [0.15, 0.2) is 48.5 Å². The van der Waals surface area contributed by atoms with E-state index in [-0.39, 0.29) is 38.6 Å². The van der Waals surface area contributed by atoms with E-state index < -0.39 is 42.4 Å². The SMILES string of the molecule is O=C(NCC(F)(F)C(=O)NCC1(C(=O)O)CCOCC1)OCC1c2ccccc2-c2ccccc21. The Labute approximate surface area is 200 Å². The molecule has 1 fully saturated rings. The first-order chi connectivity index (χ1) is 16.7. The number of nitrogens with one attached hydrogen (secondary N) is 2. The van der Waals surface area contributed by atoms with Crippen molar-refractivity contribution in [3.63, 3.8) is 0 Å². The fourth-order valence-corrected chi connectivity index (χ4v) is 4.52. The Morgan fingerprint density at radius 3 is 2.14 bits per heavy atom. The molecule has 1 aliphatic heterocycles. The number of halogens is 2. The summed E-state index contributed by atoms with van der Waals surface area (Å²) in [7, 11) is 0. The molecule has 2 aromatic rings. The lowest BCUT2D eigenvalue weighted by Gasteiger charge is -2.33. The Morgan fingerprint density at radius 2 is 1.57 bits per heavy atom. The number of hydrogen-bond donors (Lipinski definition) is 3. The molecule has 1 heterocycles. The summed E-state index contributed by atoms with van der Waals surface area (Å²) in [5.41, 5.74) is 2.66. The summed E-state index contributed by atoms with van der Waals surface area (Å²) < 4.78 is 39.0. The normalized spacial score (nSPS) is 16.6. The largest absolute Gasteiger partial charge is 0.481 e. The van der Waals surface area contributed by atoms with Crippen LogP contribution in [0.3, 0.4) is 0 Å². The number of carboxylic acid groups (broad SMARTS) is 1. The van der Waals surface area contributed by atoms with Gasteiger partial charge in [0.2, 0.25) is 0 Å². The van der Waals surface area contributed by atoms with E-state index in [4.69, 9.17) is 9.47 Å². The fraction of sp³-hybridized carbons (Fsp3) is 0.400. The van der Waals surface area contributed by atoms with Crippen molar-refractivity contribution in [1.82, 2.24) is 10.6 Å². The van der Waals surface area contributed by atoms with E-state index in [2.05, 4.69) is 0 Å². The number of aliphatic carboxylic acids is 1. The van der Waals surface area contributed by atoms with Crippen LogP contribution < -0.4 is 10.6 Å². The molecule has 1 saturated heterocycles. The number of alkyl halides is 2. The lowest BCUT2D eigenvalue weighted by molar-refractivity contribution is -0.156. The van der Waals surface area contributed by atoms with Crippen LogP contribution in [0.25, 0.3) is 11.1 Å². The van der Waals surface area contributed by atoms with Crippen LogP contribution in [0, 0.1) is 5.41 Å². The van der Waals surface area contributed by atoms with Gasteiger partial charge in [0.05, 0.1) is 12.0 Å². The second-order valence-corrected chi connectivity index (χ2v) is 8.76. The van der Waals surface area contributed by atoms with Crippen LogP contribution >= 0.6 is 0 Å². The Balaban J connectivity index is 1.30. The maximum absolute atomic E-state index is 14.3. The maximum Gasteiger partial charge on any atom is 0.407 e. The number of fused-ring (bicyclic) bond motifs is 3. The topological polar surface area (TPSA) is 114 Å². The minimum Gasteiger partial charge on any atom is -0.481 e. The average Bonchev–Trinajstić information content (AvgIpc) is 3.19. The van der Waals surface area contributed by atoms with Gasteiger partial charge in [-0.25, -0.2) is 4.79 Å². The molecule has 8 nitrogen and oxygen atoms in total. The van der Waals surface area contributed by atoms with Crippen LogP contribution in [0.4, 0.5) is 13.6 Å². The molecule has 1 aliphatic carbocycles. The third-order valence-electron chi connectivity index (χ3n) is 6.62. The molecule has 2 aliphatic rings. The Bertz CT molecular complexity index is 1070. The van der Waals surface area contributed by atoms with E-state index in [1.807, 2.05) is 59.2 Å². The Hall–Kier alpha value is -3.53. The van der Waals surface area contributed by atoms with Crippen molar-refractivity contribution in [2.24, 2.45) is 5.41 Å². The van der Waals surface area contributed by atoms with Gasteiger partial charge in [0, 0.05) is 25.7 Å². The fourth-order valence-electron chi connectivity index (χ4n) is 4.52. The van der Waals surface area contributed by atoms with Gasteiger partial charge in [-0.1, -0.05) is 48.5 Å². The van der Waals surface area contributed by atoms with Crippen LogP contribution in [0.5, 0.6) is 0 Å². The lowest BCUT2D eigenvalue weighted by atomic mass is 9.80. The smallest absolute Gasteiger partial charge is 0.407 e. The summed E-state index contributed by atoms with van der Waals surface area (Å²) in [5.74, 6) is -7.02. The molecule has 10 heteroatoms. The number of carboxylic acids is 1. The Kier molecular flexibility index (Phi) is 7.02. The van der Waals surface area contributed by atoms with E-state index >= 15 is 0 Å². The third kappa shape index (κ3) is 5.12. The number of amides is 2. The number of carbonyl (C=O) groups excluding carboxylic acids is 2. The van der Waals surface area contributed by atoms with Gasteiger partial charge in [0.15, 0.2) is 0 Å². The van der Waals surface area contributed by atoms with Gasteiger partial charge in [-0.15, -0.1) is 0 Å².